The van der Waals surface area contributed by atoms with Gasteiger partial charge >= 0.3 is 11.7 Å². The minimum atomic E-state index is -1.38. The van der Waals surface area contributed by atoms with Crippen LogP contribution in [0.4, 0.5) is 11.4 Å². The lowest BCUT2D eigenvalue weighted by Crippen LogP contribution is -2.34. The second kappa shape index (κ2) is 7.00. The van der Waals surface area contributed by atoms with Crippen LogP contribution in [0.5, 0.6) is 0 Å². The summed E-state index contributed by atoms with van der Waals surface area (Å²) in [5.41, 5.74) is -2.00. The molecule has 0 aliphatic heterocycles. The topological polar surface area (TPSA) is 122 Å². The second-order valence-corrected chi connectivity index (χ2v) is 4.86. The first kappa shape index (κ1) is 16.9. The smallest absolute Gasteiger partial charge is 0.342 e. The maximum absolute atomic E-state index is 11.1. The number of hydrogen-bond acceptors (Lipinski definition) is 6. The zero-order valence-electron chi connectivity index (χ0n) is 11.8. The van der Waals surface area contributed by atoms with E-state index in [4.69, 9.17) is 9.84 Å². The predicted octanol–water partition coefficient (Wildman–Crippen LogP) is 1.49. The molecule has 21 heavy (non-hydrogen) atoms. The minimum absolute atomic E-state index is 0.0280. The van der Waals surface area contributed by atoms with Gasteiger partial charge in [0.15, 0.2) is 0 Å². The molecule has 0 aliphatic rings. The number of rotatable bonds is 8. The van der Waals surface area contributed by atoms with E-state index in [1.165, 1.54) is 19.2 Å². The first-order valence-corrected chi connectivity index (χ1v) is 6.24. The molecule has 1 aromatic rings. The van der Waals surface area contributed by atoms with E-state index >= 15 is 0 Å². The quantitative estimate of drug-likeness (QED) is 0.491. The van der Waals surface area contributed by atoms with Crippen LogP contribution in [0.1, 0.15) is 23.7 Å². The van der Waals surface area contributed by atoms with Crippen LogP contribution in [0.25, 0.3) is 0 Å². The second-order valence-electron chi connectivity index (χ2n) is 4.86. The average Bonchev–Trinajstić information content (AvgIpc) is 2.42. The van der Waals surface area contributed by atoms with Crippen molar-refractivity contribution in [3.63, 3.8) is 0 Å². The number of nitro groups is 1. The van der Waals surface area contributed by atoms with Gasteiger partial charge in [-0.25, -0.2) is 4.79 Å². The van der Waals surface area contributed by atoms with Crippen LogP contribution in [0, 0.1) is 10.1 Å². The van der Waals surface area contributed by atoms with Crippen LogP contribution in [0.3, 0.4) is 0 Å². The molecule has 0 heterocycles. The maximum atomic E-state index is 11.1. The van der Waals surface area contributed by atoms with Crippen molar-refractivity contribution < 1.29 is 24.7 Å². The van der Waals surface area contributed by atoms with Gasteiger partial charge in [0.1, 0.15) is 11.3 Å². The largest absolute Gasteiger partial charge is 0.477 e. The summed E-state index contributed by atoms with van der Waals surface area (Å²) in [6.07, 6.45) is 0.336. The molecular weight excluding hydrogens is 280 g/mol. The Bertz CT molecular complexity index is 529. The molecule has 0 saturated heterocycles. The summed E-state index contributed by atoms with van der Waals surface area (Å²) < 4.78 is 4.87. The number of nitrogens with one attached hydrogen (secondary N) is 1. The molecule has 8 heteroatoms. The van der Waals surface area contributed by atoms with E-state index in [1.807, 2.05) is 0 Å². The number of hydrogen-bond donors (Lipinski definition) is 3. The van der Waals surface area contributed by atoms with Crippen molar-refractivity contribution in [3.8, 4) is 0 Å². The number of benzene rings is 1. The van der Waals surface area contributed by atoms with Gasteiger partial charge in [-0.1, -0.05) is 6.07 Å². The fourth-order valence-electron chi connectivity index (χ4n) is 1.75. The van der Waals surface area contributed by atoms with Crippen LogP contribution in [0.2, 0.25) is 0 Å². The Balaban J connectivity index is 2.96. The highest BCUT2D eigenvalue weighted by Crippen LogP contribution is 2.29. The highest BCUT2D eigenvalue weighted by atomic mass is 16.6. The van der Waals surface area contributed by atoms with Crippen molar-refractivity contribution in [2.45, 2.75) is 18.9 Å². The summed E-state index contributed by atoms with van der Waals surface area (Å²) >= 11 is 0. The van der Waals surface area contributed by atoms with E-state index in [1.54, 1.807) is 6.92 Å². The first-order chi connectivity index (χ1) is 9.78. The Labute approximate surface area is 121 Å². The van der Waals surface area contributed by atoms with Gasteiger partial charge in [0.05, 0.1) is 10.5 Å². The van der Waals surface area contributed by atoms with Crippen molar-refractivity contribution in [1.82, 2.24) is 0 Å². The molecule has 1 unspecified atom stereocenters. The lowest BCUT2D eigenvalue weighted by molar-refractivity contribution is -0.384. The van der Waals surface area contributed by atoms with Gasteiger partial charge in [0.25, 0.3) is 0 Å². The lowest BCUT2D eigenvalue weighted by Gasteiger charge is -2.23. The van der Waals surface area contributed by atoms with Crippen LogP contribution in [0.15, 0.2) is 18.2 Å². The molecule has 3 N–H and O–H groups in total. The van der Waals surface area contributed by atoms with Crippen molar-refractivity contribution in [2.24, 2.45) is 0 Å². The molecule has 0 radical (unpaired) electrons. The third-order valence-electron chi connectivity index (χ3n) is 2.95. The number of anilines is 1. The van der Waals surface area contributed by atoms with Gasteiger partial charge < -0.3 is 20.3 Å². The number of ether oxygens (including phenoxy) is 1. The summed E-state index contributed by atoms with van der Waals surface area (Å²) in [7, 11) is 1.50. The fourth-order valence-corrected chi connectivity index (χ4v) is 1.75. The number of carboxylic acid groups (broad SMARTS) is 1. The van der Waals surface area contributed by atoms with E-state index in [9.17, 15) is 20.0 Å². The van der Waals surface area contributed by atoms with Crippen LogP contribution >= 0.6 is 0 Å². The van der Waals surface area contributed by atoms with Crippen molar-refractivity contribution >= 4 is 17.3 Å². The average molecular weight is 298 g/mol. The van der Waals surface area contributed by atoms with Crippen LogP contribution in [-0.2, 0) is 4.74 Å². The zero-order chi connectivity index (χ0) is 16.0. The fraction of sp³-hybridized carbons (Fsp3) is 0.462. The number of nitro benzene ring substituents is 1. The van der Waals surface area contributed by atoms with Crippen LogP contribution in [-0.4, -0.2) is 47.0 Å². The van der Waals surface area contributed by atoms with Gasteiger partial charge in [-0.3, -0.25) is 10.1 Å². The molecule has 0 fully saturated rings. The standard InChI is InChI=1S/C13H18N2O6/c1-13(18,6-7-21-2)8-14-10-5-3-4-9(12(16)17)11(10)15(19)20/h3-5,14,18H,6-8H2,1-2H3,(H,16,17). The summed E-state index contributed by atoms with van der Waals surface area (Å²) in [6.45, 7) is 1.93. The predicted molar refractivity (Wildman–Crippen MR) is 75.7 cm³/mol. The van der Waals surface area contributed by atoms with Crippen molar-refractivity contribution in [2.75, 3.05) is 25.6 Å². The normalized spacial score (nSPS) is 13.5. The molecule has 0 bridgehead atoms. The molecular formula is C13H18N2O6. The van der Waals surface area contributed by atoms with Crippen LogP contribution < -0.4 is 5.32 Å². The van der Waals surface area contributed by atoms with E-state index in [2.05, 4.69) is 5.32 Å². The Morgan fingerprint density at radius 2 is 2.19 bits per heavy atom. The third-order valence-corrected chi connectivity index (χ3v) is 2.95. The lowest BCUT2D eigenvalue weighted by atomic mass is 10.0. The van der Waals surface area contributed by atoms with Gasteiger partial charge in [-0.05, 0) is 19.1 Å². The number of aliphatic hydroxyl groups is 1. The highest BCUT2D eigenvalue weighted by Gasteiger charge is 2.26. The monoisotopic (exact) mass is 298 g/mol. The molecule has 116 valence electrons. The molecule has 0 aromatic heterocycles. The molecule has 1 atom stereocenters. The number of nitrogens with zero attached hydrogens (tertiary/aromatic N) is 1. The van der Waals surface area contributed by atoms with Gasteiger partial charge in [0, 0.05) is 26.7 Å². The summed E-state index contributed by atoms with van der Waals surface area (Å²) in [5, 5.41) is 32.9. The molecule has 0 amide bonds. The SMILES string of the molecule is COCCC(C)(O)CNc1cccc(C(=O)O)c1[N+](=O)[O-]. The Hall–Kier alpha value is -2.19. The van der Waals surface area contributed by atoms with Crippen molar-refractivity contribution in [1.29, 1.82) is 0 Å². The molecule has 8 nitrogen and oxygen atoms in total. The summed E-state index contributed by atoms with van der Waals surface area (Å²) in [6, 6.07) is 3.97. The number of carbonyl (C=O) groups is 1. The van der Waals surface area contributed by atoms with Gasteiger partial charge in [-0.15, -0.1) is 0 Å². The van der Waals surface area contributed by atoms with E-state index < -0.39 is 27.7 Å². The van der Waals surface area contributed by atoms with E-state index in [0.29, 0.717) is 13.0 Å². The minimum Gasteiger partial charge on any atom is -0.477 e. The number of aromatic carboxylic acids is 1. The number of para-hydroxylation sites is 1. The van der Waals surface area contributed by atoms with E-state index in [-0.39, 0.29) is 12.2 Å². The molecule has 1 aromatic carbocycles. The third kappa shape index (κ3) is 4.69. The summed E-state index contributed by atoms with van der Waals surface area (Å²) in [5.74, 6) is -1.38. The highest BCUT2D eigenvalue weighted by molar-refractivity contribution is 5.95. The summed E-state index contributed by atoms with van der Waals surface area (Å²) in [4.78, 5) is 21.3. The van der Waals surface area contributed by atoms with E-state index in [0.717, 1.165) is 6.07 Å². The molecule has 0 spiro atoms. The molecule has 0 aliphatic carbocycles. The zero-order valence-corrected chi connectivity index (χ0v) is 11.8. The van der Waals surface area contributed by atoms with Gasteiger partial charge in [0.2, 0.25) is 0 Å². The number of methoxy groups -OCH3 is 1. The Kier molecular flexibility index (Phi) is 5.62. The van der Waals surface area contributed by atoms with Gasteiger partial charge in [-0.2, -0.15) is 0 Å². The number of carboxylic acids is 1. The Morgan fingerprint density at radius 1 is 1.52 bits per heavy atom. The maximum Gasteiger partial charge on any atom is 0.342 e. The Morgan fingerprint density at radius 3 is 2.71 bits per heavy atom. The molecule has 1 rings (SSSR count). The van der Waals surface area contributed by atoms with Crippen molar-refractivity contribution in [3.05, 3.63) is 33.9 Å². The first-order valence-electron chi connectivity index (χ1n) is 6.24. The molecule has 0 saturated carbocycles.